The zero-order valence-corrected chi connectivity index (χ0v) is 13.1. The van der Waals surface area contributed by atoms with Crippen LogP contribution in [0.15, 0.2) is 36.4 Å². The van der Waals surface area contributed by atoms with Gasteiger partial charge in [0.05, 0.1) is 6.10 Å². The van der Waals surface area contributed by atoms with Crippen LogP contribution in [0, 0.1) is 0 Å². The lowest BCUT2D eigenvalue weighted by molar-refractivity contribution is 0.0343. The Labute approximate surface area is 135 Å². The number of allylic oxidation sites excluding steroid dienone is 2. The first-order valence-electron chi connectivity index (χ1n) is 7.73. The smallest absolute Gasteiger partial charge is 0.342 e. The molecule has 23 heavy (non-hydrogen) atoms. The number of hydrogen-bond acceptors (Lipinski definition) is 5. The van der Waals surface area contributed by atoms with Gasteiger partial charge in [-0.3, -0.25) is 0 Å². The van der Waals surface area contributed by atoms with Gasteiger partial charge in [0, 0.05) is 18.9 Å². The van der Waals surface area contributed by atoms with Gasteiger partial charge in [-0.05, 0) is 31.4 Å². The Hall–Kier alpha value is -2.27. The second-order valence-corrected chi connectivity index (χ2v) is 5.70. The third-order valence-electron chi connectivity index (χ3n) is 3.62. The number of aromatic hydroxyl groups is 2. The fraction of sp³-hybridized carbons (Fsp3) is 0.389. The number of aliphatic hydroxyl groups is 1. The van der Waals surface area contributed by atoms with Gasteiger partial charge in [0.15, 0.2) is 0 Å². The van der Waals surface area contributed by atoms with Gasteiger partial charge >= 0.3 is 5.97 Å². The second kappa shape index (κ2) is 7.83. The van der Waals surface area contributed by atoms with E-state index in [1.807, 2.05) is 18.2 Å². The lowest BCUT2D eigenvalue weighted by Gasteiger charge is -2.16. The van der Waals surface area contributed by atoms with Crippen molar-refractivity contribution in [2.45, 2.75) is 44.8 Å². The highest BCUT2D eigenvalue weighted by Gasteiger charge is 2.22. The molecule has 1 aliphatic rings. The number of phenolic OH excluding ortho intramolecular Hbond substituents is 2. The van der Waals surface area contributed by atoms with E-state index in [4.69, 9.17) is 4.74 Å². The van der Waals surface area contributed by atoms with Crippen LogP contribution < -0.4 is 0 Å². The zero-order chi connectivity index (χ0) is 16.8. The molecule has 1 heterocycles. The average molecular weight is 318 g/mol. The number of hydrogen-bond donors (Lipinski definition) is 3. The minimum absolute atomic E-state index is 0.0110. The minimum Gasteiger partial charge on any atom is -0.508 e. The third-order valence-corrected chi connectivity index (χ3v) is 3.62. The Morgan fingerprint density at radius 2 is 1.87 bits per heavy atom. The molecule has 2 atom stereocenters. The van der Waals surface area contributed by atoms with Gasteiger partial charge in [-0.2, -0.15) is 0 Å². The standard InChI is InChI=1S/C18H22O5/c1-12-7-5-3-2-4-6-8-14(19)9-13-10-15(20)11-16(21)17(13)18(22)23-12/h3,5-6,8,10-12,14,19-21H,2,4,7,9H2,1H3/b5-3+,8-6+/t12-,14?/m0/s1. The summed E-state index contributed by atoms with van der Waals surface area (Å²) in [6, 6.07) is 2.46. The number of cyclic esters (lactones) is 1. The van der Waals surface area contributed by atoms with E-state index in [-0.39, 0.29) is 29.6 Å². The molecular weight excluding hydrogens is 296 g/mol. The normalized spacial score (nSPS) is 25.7. The largest absolute Gasteiger partial charge is 0.508 e. The maximum absolute atomic E-state index is 12.3. The Morgan fingerprint density at radius 3 is 2.65 bits per heavy atom. The van der Waals surface area contributed by atoms with Crippen molar-refractivity contribution in [1.82, 2.24) is 0 Å². The maximum Gasteiger partial charge on any atom is 0.342 e. The van der Waals surface area contributed by atoms with E-state index in [0.29, 0.717) is 12.0 Å². The maximum atomic E-state index is 12.3. The number of aliphatic hydroxyl groups excluding tert-OH is 1. The van der Waals surface area contributed by atoms with Crippen LogP contribution in [0.5, 0.6) is 11.5 Å². The number of benzene rings is 1. The van der Waals surface area contributed by atoms with Crippen LogP contribution in [0.25, 0.3) is 0 Å². The van der Waals surface area contributed by atoms with Crippen molar-refractivity contribution in [1.29, 1.82) is 0 Å². The summed E-state index contributed by atoms with van der Waals surface area (Å²) < 4.78 is 5.35. The van der Waals surface area contributed by atoms with Gasteiger partial charge in [-0.15, -0.1) is 0 Å². The third kappa shape index (κ3) is 4.86. The molecule has 1 unspecified atom stereocenters. The van der Waals surface area contributed by atoms with Crippen molar-refractivity contribution in [2.75, 3.05) is 0 Å². The molecule has 0 radical (unpaired) electrons. The molecule has 3 N–H and O–H groups in total. The molecule has 0 spiro atoms. The van der Waals surface area contributed by atoms with E-state index < -0.39 is 12.1 Å². The Bertz CT molecular complexity index is 618. The Kier molecular flexibility index (Phi) is 5.82. The molecule has 1 aliphatic heterocycles. The van der Waals surface area contributed by atoms with Gasteiger partial charge in [-0.25, -0.2) is 4.79 Å². The van der Waals surface area contributed by atoms with Gasteiger partial charge in [0.2, 0.25) is 0 Å². The predicted molar refractivity (Wildman–Crippen MR) is 86.5 cm³/mol. The number of esters is 1. The number of carbonyl (C=O) groups is 1. The van der Waals surface area contributed by atoms with Crippen molar-refractivity contribution in [3.05, 3.63) is 47.6 Å². The molecule has 0 saturated carbocycles. The van der Waals surface area contributed by atoms with Gasteiger partial charge < -0.3 is 20.1 Å². The van der Waals surface area contributed by atoms with Crippen molar-refractivity contribution >= 4 is 5.97 Å². The molecule has 0 aromatic heterocycles. The van der Waals surface area contributed by atoms with Crippen molar-refractivity contribution < 1.29 is 24.9 Å². The summed E-state index contributed by atoms with van der Waals surface area (Å²) in [6.45, 7) is 1.78. The first-order chi connectivity index (χ1) is 11.0. The quantitative estimate of drug-likeness (QED) is 0.506. The number of fused-ring (bicyclic) bond motifs is 1. The molecule has 0 aliphatic carbocycles. The number of phenols is 2. The molecule has 0 fully saturated rings. The summed E-state index contributed by atoms with van der Waals surface area (Å²) in [4.78, 5) is 12.3. The van der Waals surface area contributed by atoms with E-state index in [1.165, 1.54) is 6.07 Å². The van der Waals surface area contributed by atoms with Gasteiger partial charge in [0.1, 0.15) is 23.2 Å². The fourth-order valence-corrected chi connectivity index (χ4v) is 2.50. The summed E-state index contributed by atoms with van der Waals surface area (Å²) in [6.07, 6.45) is 8.70. The summed E-state index contributed by atoms with van der Waals surface area (Å²) >= 11 is 0. The number of rotatable bonds is 0. The molecule has 124 valence electrons. The van der Waals surface area contributed by atoms with E-state index in [0.717, 1.165) is 18.9 Å². The van der Waals surface area contributed by atoms with Crippen LogP contribution >= 0.6 is 0 Å². The van der Waals surface area contributed by atoms with Crippen LogP contribution in [0.3, 0.4) is 0 Å². The van der Waals surface area contributed by atoms with E-state index >= 15 is 0 Å². The SMILES string of the molecule is C[C@H]1C/C=C/CC/C=C/C(O)Cc2cc(O)cc(O)c2C(=O)O1. The van der Waals surface area contributed by atoms with E-state index in [2.05, 4.69) is 0 Å². The monoisotopic (exact) mass is 318 g/mol. The summed E-state index contributed by atoms with van der Waals surface area (Å²) in [7, 11) is 0. The Balaban J connectivity index is 2.38. The van der Waals surface area contributed by atoms with Gasteiger partial charge in [0.25, 0.3) is 0 Å². The van der Waals surface area contributed by atoms with Crippen LogP contribution in [-0.2, 0) is 11.2 Å². The van der Waals surface area contributed by atoms with Crippen molar-refractivity contribution in [2.24, 2.45) is 0 Å². The van der Waals surface area contributed by atoms with Crippen LogP contribution in [-0.4, -0.2) is 33.5 Å². The first-order valence-corrected chi connectivity index (χ1v) is 7.73. The van der Waals surface area contributed by atoms with Crippen molar-refractivity contribution in [3.63, 3.8) is 0 Å². The highest BCUT2D eigenvalue weighted by molar-refractivity contribution is 5.94. The highest BCUT2D eigenvalue weighted by atomic mass is 16.5. The second-order valence-electron chi connectivity index (χ2n) is 5.70. The molecular formula is C18H22O5. The molecule has 2 rings (SSSR count). The summed E-state index contributed by atoms with van der Waals surface area (Å²) in [5, 5.41) is 29.7. The molecule has 5 heteroatoms. The van der Waals surface area contributed by atoms with Gasteiger partial charge in [-0.1, -0.05) is 24.3 Å². The first kappa shape index (κ1) is 17.1. The number of ether oxygens (including phenoxy) is 1. The molecule has 1 aromatic carbocycles. The van der Waals surface area contributed by atoms with Crippen LogP contribution in [0.4, 0.5) is 0 Å². The summed E-state index contributed by atoms with van der Waals surface area (Å²) in [5.41, 5.74) is 0.340. The molecule has 1 aromatic rings. The van der Waals surface area contributed by atoms with E-state index in [1.54, 1.807) is 13.0 Å². The highest BCUT2D eigenvalue weighted by Crippen LogP contribution is 2.29. The lowest BCUT2D eigenvalue weighted by atomic mass is 9.99. The zero-order valence-electron chi connectivity index (χ0n) is 13.1. The number of carbonyl (C=O) groups excluding carboxylic acids is 1. The lowest BCUT2D eigenvalue weighted by Crippen LogP contribution is -2.18. The fourth-order valence-electron chi connectivity index (χ4n) is 2.50. The minimum atomic E-state index is -0.813. The Morgan fingerprint density at radius 1 is 1.13 bits per heavy atom. The molecule has 0 bridgehead atoms. The van der Waals surface area contributed by atoms with Crippen LogP contribution in [0.1, 0.15) is 42.1 Å². The summed E-state index contributed by atoms with van der Waals surface area (Å²) in [5.74, 6) is -1.18. The topological polar surface area (TPSA) is 87.0 Å². The van der Waals surface area contributed by atoms with Crippen LogP contribution in [0.2, 0.25) is 0 Å². The van der Waals surface area contributed by atoms with E-state index in [9.17, 15) is 20.1 Å². The average Bonchev–Trinajstić information content (AvgIpc) is 2.44. The predicted octanol–water partition coefficient (Wildman–Crippen LogP) is 2.84. The molecule has 0 saturated heterocycles. The molecule has 5 nitrogen and oxygen atoms in total. The van der Waals surface area contributed by atoms with Crippen molar-refractivity contribution in [3.8, 4) is 11.5 Å². The molecule has 0 amide bonds.